The van der Waals surface area contributed by atoms with Crippen LogP contribution in [0.15, 0.2) is 41.4 Å². The fraction of sp³-hybridized carbons (Fsp3) is 0.231. The molecule has 2 aromatic rings. The highest BCUT2D eigenvalue weighted by Gasteiger charge is 2.08. The molecule has 18 heavy (non-hydrogen) atoms. The zero-order valence-electron chi connectivity index (χ0n) is 10.1. The average Bonchev–Trinajstić information content (AvgIpc) is 2.85. The van der Waals surface area contributed by atoms with E-state index in [9.17, 15) is 4.79 Å². The second-order valence-corrected chi connectivity index (χ2v) is 4.93. The number of nitrogens with zero attached hydrogens (tertiary/aromatic N) is 2. The summed E-state index contributed by atoms with van der Waals surface area (Å²) >= 11 is 3.37. The Morgan fingerprint density at radius 1 is 1.50 bits per heavy atom. The van der Waals surface area contributed by atoms with Gasteiger partial charge in [-0.1, -0.05) is 22.0 Å². The van der Waals surface area contributed by atoms with Crippen LogP contribution in [0.5, 0.6) is 0 Å². The van der Waals surface area contributed by atoms with Crippen LogP contribution in [0.4, 0.5) is 0 Å². The molecule has 0 spiro atoms. The topological polar surface area (TPSA) is 46.9 Å². The molecule has 0 atom stereocenters. The number of amides is 1. The van der Waals surface area contributed by atoms with E-state index < -0.39 is 0 Å². The highest BCUT2D eigenvalue weighted by atomic mass is 79.9. The lowest BCUT2D eigenvalue weighted by Gasteiger charge is -2.08. The summed E-state index contributed by atoms with van der Waals surface area (Å²) in [5.41, 5.74) is 1.67. The number of carbonyl (C=O) groups excluding carboxylic acids is 1. The Hall–Kier alpha value is -1.62. The fourth-order valence-corrected chi connectivity index (χ4v) is 2.01. The lowest BCUT2D eigenvalue weighted by Crippen LogP contribution is -2.27. The standard InChI is InChI=1S/C13H14BrN3O/c1-10-2-3-11(14)8-12(10)13(18)16-5-7-17-6-4-15-9-17/h2-4,6,8-9H,5,7H2,1H3,(H,16,18). The maximum absolute atomic E-state index is 12.0. The monoisotopic (exact) mass is 307 g/mol. The van der Waals surface area contributed by atoms with Crippen molar-refractivity contribution in [2.45, 2.75) is 13.5 Å². The van der Waals surface area contributed by atoms with Crippen LogP contribution >= 0.6 is 15.9 Å². The van der Waals surface area contributed by atoms with Gasteiger partial charge in [0.2, 0.25) is 0 Å². The maximum atomic E-state index is 12.0. The van der Waals surface area contributed by atoms with E-state index in [2.05, 4.69) is 26.2 Å². The van der Waals surface area contributed by atoms with Crippen LogP contribution in [0.3, 0.4) is 0 Å². The summed E-state index contributed by atoms with van der Waals surface area (Å²) in [4.78, 5) is 15.9. The Bertz CT molecular complexity index is 537. The van der Waals surface area contributed by atoms with E-state index in [0.717, 1.165) is 16.6 Å². The molecule has 0 unspecified atom stereocenters. The summed E-state index contributed by atoms with van der Waals surface area (Å²) in [5.74, 6) is -0.0473. The third-order valence-corrected chi connectivity index (χ3v) is 3.15. The van der Waals surface area contributed by atoms with Crippen molar-refractivity contribution < 1.29 is 4.79 Å². The summed E-state index contributed by atoms with van der Waals surface area (Å²) in [7, 11) is 0. The van der Waals surface area contributed by atoms with Gasteiger partial charge in [0.25, 0.3) is 5.91 Å². The first-order valence-corrected chi connectivity index (χ1v) is 6.46. The van der Waals surface area contributed by atoms with Crippen LogP contribution in [-0.2, 0) is 6.54 Å². The Morgan fingerprint density at radius 2 is 2.33 bits per heavy atom. The molecule has 94 valence electrons. The van der Waals surface area contributed by atoms with Gasteiger partial charge in [-0.2, -0.15) is 0 Å². The molecule has 2 rings (SSSR count). The van der Waals surface area contributed by atoms with Crippen LogP contribution in [-0.4, -0.2) is 22.0 Å². The molecule has 1 aromatic heterocycles. The number of imidazole rings is 1. The van der Waals surface area contributed by atoms with Crippen LogP contribution < -0.4 is 5.32 Å². The molecule has 0 aliphatic carbocycles. The molecule has 5 heteroatoms. The first-order chi connectivity index (χ1) is 8.66. The third-order valence-electron chi connectivity index (χ3n) is 2.66. The molecule has 0 saturated carbocycles. The predicted octanol–water partition coefficient (Wildman–Crippen LogP) is 2.38. The number of aryl methyl sites for hydroxylation is 1. The molecule has 1 aromatic carbocycles. The molecular weight excluding hydrogens is 294 g/mol. The van der Waals surface area contributed by atoms with Crippen molar-refractivity contribution in [3.05, 3.63) is 52.5 Å². The molecule has 1 heterocycles. The Labute approximate surface area is 114 Å². The van der Waals surface area contributed by atoms with Crippen LogP contribution in [0.2, 0.25) is 0 Å². The first kappa shape index (κ1) is 12.8. The van der Waals surface area contributed by atoms with Crippen molar-refractivity contribution in [3.8, 4) is 0 Å². The number of carbonyl (C=O) groups is 1. The molecule has 0 bridgehead atoms. The summed E-state index contributed by atoms with van der Waals surface area (Å²) in [5, 5.41) is 2.90. The summed E-state index contributed by atoms with van der Waals surface area (Å²) in [6, 6.07) is 5.69. The molecule has 1 amide bonds. The molecule has 0 aliphatic heterocycles. The second-order valence-electron chi connectivity index (χ2n) is 4.02. The van der Waals surface area contributed by atoms with Crippen molar-refractivity contribution in [1.29, 1.82) is 0 Å². The number of hydrogen-bond acceptors (Lipinski definition) is 2. The Kier molecular flexibility index (Phi) is 4.15. The van der Waals surface area contributed by atoms with Crippen molar-refractivity contribution in [2.75, 3.05) is 6.54 Å². The number of rotatable bonds is 4. The molecule has 0 aliphatic rings. The number of halogens is 1. The smallest absolute Gasteiger partial charge is 0.251 e. The van der Waals surface area contributed by atoms with E-state index in [1.807, 2.05) is 35.9 Å². The minimum Gasteiger partial charge on any atom is -0.350 e. The Balaban J connectivity index is 1.93. The van der Waals surface area contributed by atoms with E-state index in [0.29, 0.717) is 12.1 Å². The average molecular weight is 308 g/mol. The van der Waals surface area contributed by atoms with Crippen molar-refractivity contribution in [3.63, 3.8) is 0 Å². The van der Waals surface area contributed by atoms with E-state index in [-0.39, 0.29) is 5.91 Å². The van der Waals surface area contributed by atoms with Crippen LogP contribution in [0.25, 0.3) is 0 Å². The number of aromatic nitrogens is 2. The van der Waals surface area contributed by atoms with Gasteiger partial charge >= 0.3 is 0 Å². The maximum Gasteiger partial charge on any atom is 0.251 e. The number of nitrogens with one attached hydrogen (secondary N) is 1. The van der Waals surface area contributed by atoms with Crippen molar-refractivity contribution >= 4 is 21.8 Å². The fourth-order valence-electron chi connectivity index (χ4n) is 1.65. The third kappa shape index (κ3) is 3.20. The first-order valence-electron chi connectivity index (χ1n) is 5.67. The molecule has 0 saturated heterocycles. The van der Waals surface area contributed by atoms with Gasteiger partial charge in [-0.05, 0) is 24.6 Å². The molecule has 4 nitrogen and oxygen atoms in total. The van der Waals surface area contributed by atoms with Gasteiger partial charge in [-0.25, -0.2) is 4.98 Å². The van der Waals surface area contributed by atoms with Gasteiger partial charge in [0.05, 0.1) is 6.33 Å². The van der Waals surface area contributed by atoms with Crippen molar-refractivity contribution in [2.24, 2.45) is 0 Å². The number of hydrogen-bond donors (Lipinski definition) is 1. The van der Waals surface area contributed by atoms with Gasteiger partial charge in [-0.3, -0.25) is 4.79 Å². The second kappa shape index (κ2) is 5.82. The summed E-state index contributed by atoms with van der Waals surface area (Å²) in [6.07, 6.45) is 5.33. The van der Waals surface area contributed by atoms with Gasteiger partial charge in [-0.15, -0.1) is 0 Å². The quantitative estimate of drug-likeness (QED) is 0.942. The van der Waals surface area contributed by atoms with E-state index >= 15 is 0 Å². The number of benzene rings is 1. The predicted molar refractivity (Wildman–Crippen MR) is 73.4 cm³/mol. The zero-order chi connectivity index (χ0) is 13.0. The molecule has 0 radical (unpaired) electrons. The van der Waals surface area contributed by atoms with Gasteiger partial charge in [0, 0.05) is 35.5 Å². The summed E-state index contributed by atoms with van der Waals surface area (Å²) < 4.78 is 2.83. The zero-order valence-corrected chi connectivity index (χ0v) is 11.6. The van der Waals surface area contributed by atoms with Gasteiger partial charge < -0.3 is 9.88 Å². The van der Waals surface area contributed by atoms with Crippen LogP contribution in [0, 0.1) is 6.92 Å². The minimum absolute atomic E-state index is 0.0473. The molecule has 1 N–H and O–H groups in total. The largest absolute Gasteiger partial charge is 0.350 e. The summed E-state index contributed by atoms with van der Waals surface area (Å²) in [6.45, 7) is 3.23. The minimum atomic E-state index is -0.0473. The van der Waals surface area contributed by atoms with E-state index in [4.69, 9.17) is 0 Å². The van der Waals surface area contributed by atoms with E-state index in [1.165, 1.54) is 0 Å². The lowest BCUT2D eigenvalue weighted by molar-refractivity contribution is 0.0951. The highest BCUT2D eigenvalue weighted by Crippen LogP contribution is 2.15. The van der Waals surface area contributed by atoms with Crippen molar-refractivity contribution in [1.82, 2.24) is 14.9 Å². The normalized spacial score (nSPS) is 10.3. The SMILES string of the molecule is Cc1ccc(Br)cc1C(=O)NCCn1ccnc1. The van der Waals surface area contributed by atoms with Crippen LogP contribution in [0.1, 0.15) is 15.9 Å². The molecular formula is C13H14BrN3O. The van der Waals surface area contributed by atoms with Gasteiger partial charge in [0.15, 0.2) is 0 Å². The highest BCUT2D eigenvalue weighted by molar-refractivity contribution is 9.10. The lowest BCUT2D eigenvalue weighted by atomic mass is 10.1. The Morgan fingerprint density at radius 3 is 3.06 bits per heavy atom. The van der Waals surface area contributed by atoms with Gasteiger partial charge in [0.1, 0.15) is 0 Å². The van der Waals surface area contributed by atoms with E-state index in [1.54, 1.807) is 12.5 Å². The molecule has 0 fully saturated rings.